The predicted molar refractivity (Wildman–Crippen MR) is 82.5 cm³/mol. The maximum absolute atomic E-state index is 12.1. The van der Waals surface area contributed by atoms with Crippen LogP contribution in [0.3, 0.4) is 0 Å². The number of methoxy groups -OCH3 is 1. The summed E-state index contributed by atoms with van der Waals surface area (Å²) in [7, 11) is 1.60. The van der Waals surface area contributed by atoms with Crippen LogP contribution in [-0.4, -0.2) is 48.8 Å². The maximum Gasteiger partial charge on any atom is 0.238 e. The average molecular weight is 292 g/mol. The van der Waals surface area contributed by atoms with Gasteiger partial charge in [-0.2, -0.15) is 0 Å². The third-order valence-corrected chi connectivity index (χ3v) is 3.94. The lowest BCUT2D eigenvalue weighted by Crippen LogP contribution is -2.43. The molecule has 2 N–H and O–H groups in total. The number of piperidine rings is 1. The lowest BCUT2D eigenvalue weighted by Gasteiger charge is -2.33. The van der Waals surface area contributed by atoms with Gasteiger partial charge in [0.05, 0.1) is 19.8 Å². The van der Waals surface area contributed by atoms with Crippen molar-refractivity contribution in [3.63, 3.8) is 0 Å². The highest BCUT2D eigenvalue weighted by Crippen LogP contribution is 2.20. The summed E-state index contributed by atoms with van der Waals surface area (Å²) in [4.78, 5) is 14.2. The number of hydrogen-bond donors (Lipinski definition) is 2. The van der Waals surface area contributed by atoms with Gasteiger partial charge in [-0.1, -0.05) is 6.07 Å². The predicted octanol–water partition coefficient (Wildman–Crippen LogP) is 1.73. The molecule has 0 radical (unpaired) electrons. The first kappa shape index (κ1) is 15.8. The van der Waals surface area contributed by atoms with E-state index < -0.39 is 0 Å². The van der Waals surface area contributed by atoms with Gasteiger partial charge in [0.25, 0.3) is 0 Å². The highest BCUT2D eigenvalue weighted by atomic mass is 16.5. The monoisotopic (exact) mass is 292 g/mol. The number of anilines is 1. The largest absolute Gasteiger partial charge is 0.497 e. The van der Waals surface area contributed by atoms with E-state index in [0.29, 0.717) is 6.54 Å². The number of carbonyl (C=O) groups is 1. The van der Waals surface area contributed by atoms with Gasteiger partial charge in [-0.3, -0.25) is 9.69 Å². The molecular weight excluding hydrogens is 268 g/mol. The number of likely N-dealkylation sites (tertiary alicyclic amines) is 1. The van der Waals surface area contributed by atoms with E-state index in [0.717, 1.165) is 37.4 Å². The minimum atomic E-state index is -0.311. The Morgan fingerprint density at radius 3 is 3.10 bits per heavy atom. The van der Waals surface area contributed by atoms with Crippen molar-refractivity contribution in [2.45, 2.75) is 25.9 Å². The van der Waals surface area contributed by atoms with Crippen LogP contribution in [0, 0.1) is 5.92 Å². The summed E-state index contributed by atoms with van der Waals surface area (Å²) in [5.74, 6) is 0.956. The normalized spacial score (nSPS) is 20.8. The van der Waals surface area contributed by atoms with Crippen LogP contribution >= 0.6 is 0 Å². The quantitative estimate of drug-likeness (QED) is 0.867. The van der Waals surface area contributed by atoms with Crippen molar-refractivity contribution in [1.29, 1.82) is 0 Å². The van der Waals surface area contributed by atoms with E-state index in [4.69, 9.17) is 4.74 Å². The number of carbonyl (C=O) groups excluding carboxylic acids is 1. The summed E-state index contributed by atoms with van der Waals surface area (Å²) < 4.78 is 5.14. The summed E-state index contributed by atoms with van der Waals surface area (Å²) in [6, 6.07) is 7.33. The summed E-state index contributed by atoms with van der Waals surface area (Å²) in [6.07, 6.45) is 1.75. The molecular formula is C16H24N2O3. The Labute approximate surface area is 125 Å². The number of amides is 1. The minimum absolute atomic E-state index is 0.0329. The van der Waals surface area contributed by atoms with Crippen LogP contribution in [0.5, 0.6) is 5.75 Å². The van der Waals surface area contributed by atoms with Crippen LogP contribution < -0.4 is 10.1 Å². The first-order valence-corrected chi connectivity index (χ1v) is 7.43. The molecule has 5 heteroatoms. The molecule has 0 spiro atoms. The molecule has 0 aliphatic carbocycles. The number of aliphatic hydroxyl groups is 1. The molecule has 116 valence electrons. The van der Waals surface area contributed by atoms with E-state index in [-0.39, 0.29) is 17.9 Å². The van der Waals surface area contributed by atoms with E-state index in [1.807, 2.05) is 25.1 Å². The van der Waals surface area contributed by atoms with Crippen molar-refractivity contribution in [2.75, 3.05) is 32.1 Å². The summed E-state index contributed by atoms with van der Waals surface area (Å²) in [6.45, 7) is 3.88. The molecule has 0 saturated carbocycles. The fourth-order valence-corrected chi connectivity index (χ4v) is 2.73. The first-order chi connectivity index (χ1) is 10.1. The number of benzene rings is 1. The van der Waals surface area contributed by atoms with Gasteiger partial charge in [0.1, 0.15) is 5.75 Å². The Kier molecular flexibility index (Phi) is 5.59. The van der Waals surface area contributed by atoms with Gasteiger partial charge >= 0.3 is 0 Å². The molecule has 1 aliphatic heterocycles. The minimum Gasteiger partial charge on any atom is -0.497 e. The molecule has 2 atom stereocenters. The molecule has 1 amide bonds. The molecule has 1 heterocycles. The molecule has 5 nitrogen and oxygen atoms in total. The molecule has 1 aromatic carbocycles. The summed E-state index contributed by atoms with van der Waals surface area (Å²) in [5.41, 5.74) is 0.739. The third-order valence-electron chi connectivity index (χ3n) is 3.94. The molecule has 0 aromatic heterocycles. The lowest BCUT2D eigenvalue weighted by molar-refractivity contribution is -0.118. The Morgan fingerprint density at radius 1 is 1.57 bits per heavy atom. The van der Waals surface area contributed by atoms with E-state index in [2.05, 4.69) is 10.2 Å². The maximum atomic E-state index is 12.1. The molecule has 2 rings (SSSR count). The molecule has 1 saturated heterocycles. The van der Waals surface area contributed by atoms with Crippen LogP contribution in [0.25, 0.3) is 0 Å². The van der Waals surface area contributed by atoms with Crippen LogP contribution in [0.4, 0.5) is 5.69 Å². The van der Waals surface area contributed by atoms with E-state index in [1.54, 1.807) is 13.2 Å². The van der Waals surface area contributed by atoms with E-state index in [9.17, 15) is 9.90 Å². The number of nitrogens with zero attached hydrogens (tertiary/aromatic N) is 1. The fourth-order valence-electron chi connectivity index (χ4n) is 2.73. The Bertz CT molecular complexity index is 476. The number of aliphatic hydroxyl groups excluding tert-OH is 1. The van der Waals surface area contributed by atoms with Gasteiger partial charge in [-0.15, -0.1) is 0 Å². The number of nitrogens with one attached hydrogen (secondary N) is 1. The zero-order chi connectivity index (χ0) is 15.2. The molecule has 1 aromatic rings. The van der Waals surface area contributed by atoms with Crippen LogP contribution in [0.15, 0.2) is 24.3 Å². The Balaban J connectivity index is 1.86. The van der Waals surface area contributed by atoms with Gasteiger partial charge < -0.3 is 15.2 Å². The highest BCUT2D eigenvalue weighted by molar-refractivity contribution is 5.92. The van der Waals surface area contributed by atoms with Crippen molar-refractivity contribution < 1.29 is 14.6 Å². The second kappa shape index (κ2) is 7.43. The van der Waals surface area contributed by atoms with Crippen LogP contribution in [0.1, 0.15) is 19.8 Å². The molecule has 21 heavy (non-hydrogen) atoms. The first-order valence-electron chi connectivity index (χ1n) is 7.43. The topological polar surface area (TPSA) is 61.8 Å². The Morgan fingerprint density at radius 2 is 2.38 bits per heavy atom. The fraction of sp³-hybridized carbons (Fsp3) is 0.562. The smallest absolute Gasteiger partial charge is 0.238 e. The van der Waals surface area contributed by atoms with E-state index in [1.165, 1.54) is 0 Å². The lowest BCUT2D eigenvalue weighted by atomic mass is 9.93. The van der Waals surface area contributed by atoms with Gasteiger partial charge in [0, 0.05) is 18.3 Å². The summed E-state index contributed by atoms with van der Waals surface area (Å²) in [5, 5.41) is 12.6. The van der Waals surface area contributed by atoms with Crippen molar-refractivity contribution in [1.82, 2.24) is 4.90 Å². The number of ether oxygens (including phenoxy) is 1. The SMILES string of the molecule is COc1cccc(NC(=O)CN2CCCC(C(C)O)C2)c1. The van der Waals surface area contributed by atoms with Crippen molar-refractivity contribution in [3.05, 3.63) is 24.3 Å². The third kappa shape index (κ3) is 4.72. The van der Waals surface area contributed by atoms with Gasteiger partial charge in [0.15, 0.2) is 0 Å². The van der Waals surface area contributed by atoms with Crippen molar-refractivity contribution >= 4 is 11.6 Å². The summed E-state index contributed by atoms with van der Waals surface area (Å²) >= 11 is 0. The van der Waals surface area contributed by atoms with Gasteiger partial charge in [-0.25, -0.2) is 0 Å². The zero-order valence-electron chi connectivity index (χ0n) is 12.7. The average Bonchev–Trinajstić information content (AvgIpc) is 2.47. The highest BCUT2D eigenvalue weighted by Gasteiger charge is 2.24. The molecule has 1 fully saturated rings. The molecule has 2 unspecified atom stereocenters. The standard InChI is InChI=1S/C16H24N2O3/c1-12(19)13-5-4-8-18(10-13)11-16(20)17-14-6-3-7-15(9-14)21-2/h3,6-7,9,12-13,19H,4-5,8,10-11H2,1-2H3,(H,17,20). The number of hydrogen-bond acceptors (Lipinski definition) is 4. The molecule has 0 bridgehead atoms. The second-order valence-corrected chi connectivity index (χ2v) is 5.66. The van der Waals surface area contributed by atoms with Crippen LogP contribution in [0.2, 0.25) is 0 Å². The Hall–Kier alpha value is -1.59. The van der Waals surface area contributed by atoms with Crippen molar-refractivity contribution in [2.24, 2.45) is 5.92 Å². The van der Waals surface area contributed by atoms with Crippen molar-refractivity contribution in [3.8, 4) is 5.75 Å². The second-order valence-electron chi connectivity index (χ2n) is 5.66. The van der Waals surface area contributed by atoms with Crippen LogP contribution in [-0.2, 0) is 4.79 Å². The van der Waals surface area contributed by atoms with Gasteiger partial charge in [-0.05, 0) is 44.4 Å². The zero-order valence-corrected chi connectivity index (χ0v) is 12.7. The van der Waals surface area contributed by atoms with E-state index >= 15 is 0 Å². The van der Waals surface area contributed by atoms with Gasteiger partial charge in [0.2, 0.25) is 5.91 Å². The molecule has 1 aliphatic rings. The number of rotatable bonds is 5.